The maximum atomic E-state index is 13.0. The molecule has 140 valence electrons. The summed E-state index contributed by atoms with van der Waals surface area (Å²) in [4.78, 5) is 16.6. The van der Waals surface area contributed by atoms with E-state index in [9.17, 15) is 4.79 Å². The highest BCUT2D eigenvalue weighted by Gasteiger charge is 2.51. The molecule has 26 heavy (non-hydrogen) atoms. The second-order valence-corrected chi connectivity index (χ2v) is 9.53. The summed E-state index contributed by atoms with van der Waals surface area (Å²) in [6.45, 7) is 4.97. The molecule has 2 amide bonds. The maximum absolute atomic E-state index is 13.0. The van der Waals surface area contributed by atoms with E-state index in [1.807, 2.05) is 0 Å². The van der Waals surface area contributed by atoms with E-state index in [0.717, 1.165) is 50.5 Å². The van der Waals surface area contributed by atoms with E-state index >= 15 is 0 Å². The average Bonchev–Trinajstić information content (AvgIpc) is 2.61. The highest BCUT2D eigenvalue weighted by Crippen LogP contribution is 2.55. The van der Waals surface area contributed by atoms with Crippen molar-refractivity contribution in [3.8, 4) is 0 Å². The van der Waals surface area contributed by atoms with Crippen molar-refractivity contribution in [3.63, 3.8) is 0 Å². The van der Waals surface area contributed by atoms with Crippen LogP contribution in [0.3, 0.4) is 0 Å². The number of carbonyl (C=O) groups is 1. The number of rotatable bonds is 3. The number of nitrogens with one attached hydrogen (secondary N) is 2. The molecule has 1 saturated heterocycles. The Bertz CT molecular complexity index is 615. The molecule has 1 heterocycles. The lowest BCUT2D eigenvalue weighted by Crippen LogP contribution is -3.13. The molecule has 0 aromatic heterocycles. The van der Waals surface area contributed by atoms with Gasteiger partial charge in [0.2, 0.25) is 0 Å². The minimum Gasteiger partial charge on any atom is -0.333 e. The molecule has 4 aliphatic carbocycles. The van der Waals surface area contributed by atoms with Gasteiger partial charge in [0.05, 0.1) is 26.2 Å². The summed E-state index contributed by atoms with van der Waals surface area (Å²) in [5, 5.41) is 3.54. The molecule has 1 aromatic carbocycles. The van der Waals surface area contributed by atoms with Crippen molar-refractivity contribution < 1.29 is 9.69 Å². The SMILES string of the molecule is O=C(NC12CC3CC(CC(C3)C1)C2)N1CC[NH+](Cc2ccccc2)CC1. The summed E-state index contributed by atoms with van der Waals surface area (Å²) in [6, 6.07) is 10.9. The molecule has 4 saturated carbocycles. The van der Waals surface area contributed by atoms with Gasteiger partial charge in [0.1, 0.15) is 6.54 Å². The molecule has 4 bridgehead atoms. The van der Waals surface area contributed by atoms with Crippen LogP contribution in [0.4, 0.5) is 4.79 Å². The quantitative estimate of drug-likeness (QED) is 0.857. The molecular weight excluding hydrogens is 322 g/mol. The summed E-state index contributed by atoms with van der Waals surface area (Å²) in [7, 11) is 0. The van der Waals surface area contributed by atoms with Crippen LogP contribution in [-0.2, 0) is 6.54 Å². The first-order valence-corrected chi connectivity index (χ1v) is 10.6. The topological polar surface area (TPSA) is 36.8 Å². The zero-order chi connectivity index (χ0) is 17.6. The van der Waals surface area contributed by atoms with E-state index in [0.29, 0.717) is 0 Å². The van der Waals surface area contributed by atoms with Crippen LogP contribution in [0.5, 0.6) is 0 Å². The summed E-state index contributed by atoms with van der Waals surface area (Å²) in [5.41, 5.74) is 1.54. The molecule has 2 N–H and O–H groups in total. The summed E-state index contributed by atoms with van der Waals surface area (Å²) < 4.78 is 0. The van der Waals surface area contributed by atoms with Crippen LogP contribution in [-0.4, -0.2) is 42.6 Å². The number of carbonyl (C=O) groups excluding carboxylic acids is 1. The van der Waals surface area contributed by atoms with E-state index in [1.54, 1.807) is 4.90 Å². The highest BCUT2D eigenvalue weighted by atomic mass is 16.2. The third-order valence-corrected chi connectivity index (χ3v) is 7.47. The minimum atomic E-state index is 0.139. The van der Waals surface area contributed by atoms with Gasteiger partial charge in [0.15, 0.2) is 0 Å². The van der Waals surface area contributed by atoms with Crippen LogP contribution in [0.15, 0.2) is 30.3 Å². The van der Waals surface area contributed by atoms with Crippen LogP contribution < -0.4 is 10.2 Å². The monoisotopic (exact) mass is 354 g/mol. The van der Waals surface area contributed by atoms with Crippen molar-refractivity contribution in [1.29, 1.82) is 0 Å². The zero-order valence-electron chi connectivity index (χ0n) is 15.8. The maximum Gasteiger partial charge on any atom is 0.318 e. The first kappa shape index (κ1) is 16.6. The predicted molar refractivity (Wildman–Crippen MR) is 102 cm³/mol. The van der Waals surface area contributed by atoms with Crippen molar-refractivity contribution in [2.24, 2.45) is 17.8 Å². The lowest BCUT2D eigenvalue weighted by molar-refractivity contribution is -0.917. The first-order valence-electron chi connectivity index (χ1n) is 10.6. The van der Waals surface area contributed by atoms with Crippen molar-refractivity contribution in [2.45, 2.75) is 50.6 Å². The predicted octanol–water partition coefficient (Wildman–Crippen LogP) is 2.07. The van der Waals surface area contributed by atoms with E-state index in [4.69, 9.17) is 0 Å². The second-order valence-electron chi connectivity index (χ2n) is 9.53. The molecular formula is C22H32N3O+. The fourth-order valence-electron chi connectivity index (χ4n) is 6.66. The van der Waals surface area contributed by atoms with Crippen molar-refractivity contribution in [2.75, 3.05) is 26.2 Å². The van der Waals surface area contributed by atoms with Gasteiger partial charge in [0.25, 0.3) is 0 Å². The van der Waals surface area contributed by atoms with E-state index in [2.05, 4.69) is 40.5 Å². The summed E-state index contributed by atoms with van der Waals surface area (Å²) in [6.07, 6.45) is 8.00. The second kappa shape index (κ2) is 6.56. The Labute approximate surface area is 156 Å². The standard InChI is InChI=1S/C22H31N3O/c26-21(23-22-13-18-10-19(14-22)12-20(11-18)15-22)25-8-6-24(7-9-25)16-17-4-2-1-3-5-17/h1-5,18-20H,6-16H2,(H,23,26)/p+1. The molecule has 0 atom stereocenters. The number of benzene rings is 1. The third kappa shape index (κ3) is 3.24. The van der Waals surface area contributed by atoms with E-state index < -0.39 is 0 Å². The Morgan fingerprint density at radius 1 is 1.00 bits per heavy atom. The number of piperazine rings is 1. The van der Waals surface area contributed by atoms with Crippen LogP contribution in [0.1, 0.15) is 44.1 Å². The number of amides is 2. The third-order valence-electron chi connectivity index (χ3n) is 7.47. The van der Waals surface area contributed by atoms with E-state index in [-0.39, 0.29) is 11.6 Å². The van der Waals surface area contributed by atoms with Crippen LogP contribution in [0.2, 0.25) is 0 Å². The minimum absolute atomic E-state index is 0.139. The van der Waals surface area contributed by atoms with Crippen molar-refractivity contribution in [1.82, 2.24) is 10.2 Å². The Morgan fingerprint density at radius 2 is 1.58 bits per heavy atom. The molecule has 0 spiro atoms. The largest absolute Gasteiger partial charge is 0.333 e. The number of nitrogens with zero attached hydrogens (tertiary/aromatic N) is 1. The van der Waals surface area contributed by atoms with Crippen LogP contribution in [0, 0.1) is 17.8 Å². The Morgan fingerprint density at radius 3 is 2.15 bits per heavy atom. The van der Waals surface area contributed by atoms with Gasteiger partial charge in [0, 0.05) is 11.1 Å². The lowest BCUT2D eigenvalue weighted by atomic mass is 9.53. The highest BCUT2D eigenvalue weighted by molar-refractivity contribution is 5.75. The van der Waals surface area contributed by atoms with Gasteiger partial charge in [-0.1, -0.05) is 30.3 Å². The number of hydrogen-bond acceptors (Lipinski definition) is 1. The fourth-order valence-corrected chi connectivity index (χ4v) is 6.66. The normalized spacial score (nSPS) is 36.3. The smallest absolute Gasteiger partial charge is 0.318 e. The average molecular weight is 355 g/mol. The molecule has 0 radical (unpaired) electrons. The van der Waals surface area contributed by atoms with Gasteiger partial charge >= 0.3 is 6.03 Å². The molecule has 4 heteroatoms. The molecule has 4 nitrogen and oxygen atoms in total. The van der Waals surface area contributed by atoms with Crippen LogP contribution in [0.25, 0.3) is 0 Å². The summed E-state index contributed by atoms with van der Waals surface area (Å²) in [5.74, 6) is 2.65. The molecule has 1 aromatic rings. The lowest BCUT2D eigenvalue weighted by Gasteiger charge is -2.57. The fraction of sp³-hybridized carbons (Fsp3) is 0.682. The van der Waals surface area contributed by atoms with Gasteiger partial charge in [-0.25, -0.2) is 4.79 Å². The Hall–Kier alpha value is -1.55. The van der Waals surface area contributed by atoms with Gasteiger partial charge in [-0.15, -0.1) is 0 Å². The Kier molecular flexibility index (Phi) is 4.19. The van der Waals surface area contributed by atoms with Gasteiger partial charge in [-0.3, -0.25) is 0 Å². The van der Waals surface area contributed by atoms with Crippen molar-refractivity contribution >= 4 is 6.03 Å². The van der Waals surface area contributed by atoms with Gasteiger partial charge in [-0.05, 0) is 56.3 Å². The molecule has 0 unspecified atom stereocenters. The number of quaternary nitrogens is 1. The molecule has 6 rings (SSSR count). The van der Waals surface area contributed by atoms with Gasteiger partial charge < -0.3 is 15.1 Å². The molecule has 1 aliphatic heterocycles. The Balaban J connectivity index is 1.15. The van der Waals surface area contributed by atoms with Crippen molar-refractivity contribution in [3.05, 3.63) is 35.9 Å². The molecule has 5 aliphatic rings. The zero-order valence-corrected chi connectivity index (χ0v) is 15.8. The molecule has 5 fully saturated rings. The number of hydrogen-bond donors (Lipinski definition) is 2. The van der Waals surface area contributed by atoms with E-state index in [1.165, 1.54) is 44.1 Å². The van der Waals surface area contributed by atoms with Gasteiger partial charge in [-0.2, -0.15) is 0 Å². The summed E-state index contributed by atoms with van der Waals surface area (Å²) >= 11 is 0. The van der Waals surface area contributed by atoms with Crippen LogP contribution >= 0.6 is 0 Å². The first-order chi connectivity index (χ1) is 12.7. The number of urea groups is 1.